The number of ether oxygens (including phenoxy) is 2. The second-order valence-electron chi connectivity index (χ2n) is 6.42. The molecule has 1 aliphatic heterocycles. The van der Waals surface area contributed by atoms with Gasteiger partial charge in [-0.1, -0.05) is 6.07 Å². The highest BCUT2D eigenvalue weighted by molar-refractivity contribution is 7.07. The number of hydrogen-bond acceptors (Lipinski definition) is 6. The van der Waals surface area contributed by atoms with Crippen LogP contribution in [0.2, 0.25) is 0 Å². The lowest BCUT2D eigenvalue weighted by Crippen LogP contribution is -2.47. The number of methoxy groups -OCH3 is 1. The average Bonchev–Trinajstić information content (AvgIpc) is 3.24. The van der Waals surface area contributed by atoms with Crippen molar-refractivity contribution in [3.8, 4) is 17.6 Å². The van der Waals surface area contributed by atoms with Gasteiger partial charge in [0.1, 0.15) is 6.07 Å². The van der Waals surface area contributed by atoms with Crippen molar-refractivity contribution in [2.45, 2.75) is 6.54 Å². The molecule has 1 aromatic heterocycles. The van der Waals surface area contributed by atoms with Gasteiger partial charge in [-0.2, -0.15) is 16.6 Å². The molecule has 1 saturated heterocycles. The highest BCUT2D eigenvalue weighted by atomic mass is 32.1. The van der Waals surface area contributed by atoms with Gasteiger partial charge in [0.25, 0.3) is 0 Å². The SMILES string of the molecule is COc1cc(/C=C/C(=O)N2CCN(Cc3ccsc3)CC2)ccc1OCC#N. The van der Waals surface area contributed by atoms with E-state index >= 15 is 0 Å². The molecular formula is C21H23N3O3S. The van der Waals surface area contributed by atoms with E-state index in [2.05, 4.69) is 21.7 Å². The van der Waals surface area contributed by atoms with Gasteiger partial charge in [-0.25, -0.2) is 0 Å². The van der Waals surface area contributed by atoms with Crippen LogP contribution in [0.25, 0.3) is 6.08 Å². The quantitative estimate of drug-likeness (QED) is 0.672. The summed E-state index contributed by atoms with van der Waals surface area (Å²) >= 11 is 1.71. The van der Waals surface area contributed by atoms with E-state index in [9.17, 15) is 4.79 Å². The number of hydrogen-bond donors (Lipinski definition) is 0. The molecule has 0 unspecified atom stereocenters. The molecule has 2 heterocycles. The molecule has 146 valence electrons. The van der Waals surface area contributed by atoms with Crippen LogP contribution in [0.3, 0.4) is 0 Å². The van der Waals surface area contributed by atoms with E-state index in [4.69, 9.17) is 14.7 Å². The number of nitrogens with zero attached hydrogens (tertiary/aromatic N) is 3. The van der Waals surface area contributed by atoms with Crippen molar-refractivity contribution in [1.82, 2.24) is 9.80 Å². The number of amides is 1. The zero-order chi connectivity index (χ0) is 19.8. The topological polar surface area (TPSA) is 65.8 Å². The van der Waals surface area contributed by atoms with Gasteiger partial charge >= 0.3 is 0 Å². The van der Waals surface area contributed by atoms with Gasteiger partial charge in [0.15, 0.2) is 18.1 Å². The van der Waals surface area contributed by atoms with Crippen LogP contribution in [0.4, 0.5) is 0 Å². The third kappa shape index (κ3) is 5.35. The zero-order valence-electron chi connectivity index (χ0n) is 15.8. The monoisotopic (exact) mass is 397 g/mol. The molecule has 28 heavy (non-hydrogen) atoms. The Bertz CT molecular complexity index is 850. The third-order valence-electron chi connectivity index (χ3n) is 4.57. The predicted molar refractivity (Wildman–Crippen MR) is 109 cm³/mol. The maximum absolute atomic E-state index is 12.5. The summed E-state index contributed by atoms with van der Waals surface area (Å²) in [5.74, 6) is 1.06. The third-order valence-corrected chi connectivity index (χ3v) is 5.30. The molecule has 2 aromatic rings. The van der Waals surface area contributed by atoms with Crippen LogP contribution >= 0.6 is 11.3 Å². The fourth-order valence-corrected chi connectivity index (χ4v) is 3.72. The van der Waals surface area contributed by atoms with E-state index in [0.29, 0.717) is 11.5 Å². The van der Waals surface area contributed by atoms with E-state index in [-0.39, 0.29) is 12.5 Å². The minimum atomic E-state index is -0.0393. The number of nitriles is 1. The van der Waals surface area contributed by atoms with Gasteiger partial charge in [0.2, 0.25) is 5.91 Å². The highest BCUT2D eigenvalue weighted by Gasteiger charge is 2.19. The first-order valence-corrected chi connectivity index (χ1v) is 10.0. The van der Waals surface area contributed by atoms with E-state index < -0.39 is 0 Å². The molecule has 1 aromatic carbocycles. The Morgan fingerprint density at radius 3 is 2.75 bits per heavy atom. The Hall–Kier alpha value is -2.82. The van der Waals surface area contributed by atoms with E-state index in [1.807, 2.05) is 17.0 Å². The summed E-state index contributed by atoms with van der Waals surface area (Å²) in [6.45, 7) is 4.14. The van der Waals surface area contributed by atoms with Crippen LogP contribution in [-0.2, 0) is 11.3 Å². The average molecular weight is 398 g/mol. The number of benzene rings is 1. The molecule has 1 amide bonds. The second kappa shape index (κ2) is 9.93. The number of thiophene rings is 1. The highest BCUT2D eigenvalue weighted by Crippen LogP contribution is 2.28. The van der Waals surface area contributed by atoms with Gasteiger partial charge in [-0.05, 0) is 46.2 Å². The second-order valence-corrected chi connectivity index (χ2v) is 7.20. The first kappa shape index (κ1) is 19.9. The summed E-state index contributed by atoms with van der Waals surface area (Å²) in [5, 5.41) is 12.9. The van der Waals surface area contributed by atoms with Crippen molar-refractivity contribution < 1.29 is 14.3 Å². The molecule has 7 heteroatoms. The summed E-state index contributed by atoms with van der Waals surface area (Å²) in [6, 6.07) is 9.44. The molecule has 0 saturated carbocycles. The number of piperazine rings is 1. The fourth-order valence-electron chi connectivity index (χ4n) is 3.06. The van der Waals surface area contributed by atoms with Crippen LogP contribution in [0.1, 0.15) is 11.1 Å². The van der Waals surface area contributed by atoms with Gasteiger partial charge in [0, 0.05) is 38.8 Å². The Morgan fingerprint density at radius 1 is 1.25 bits per heavy atom. The normalized spacial score (nSPS) is 14.8. The van der Waals surface area contributed by atoms with Gasteiger partial charge in [0.05, 0.1) is 7.11 Å². The fraction of sp³-hybridized carbons (Fsp3) is 0.333. The molecule has 3 rings (SSSR count). The van der Waals surface area contributed by atoms with Crippen LogP contribution < -0.4 is 9.47 Å². The minimum Gasteiger partial charge on any atom is -0.493 e. The van der Waals surface area contributed by atoms with Crippen molar-refractivity contribution in [3.05, 3.63) is 52.2 Å². The molecule has 6 nitrogen and oxygen atoms in total. The lowest BCUT2D eigenvalue weighted by Gasteiger charge is -2.34. The van der Waals surface area contributed by atoms with E-state index in [1.165, 1.54) is 5.56 Å². The van der Waals surface area contributed by atoms with Gasteiger partial charge < -0.3 is 14.4 Å². The lowest BCUT2D eigenvalue weighted by atomic mass is 10.1. The molecule has 0 atom stereocenters. The molecule has 0 N–H and O–H groups in total. The molecule has 0 aliphatic carbocycles. The van der Waals surface area contributed by atoms with Crippen LogP contribution in [0, 0.1) is 11.3 Å². The Labute approximate surface area is 169 Å². The smallest absolute Gasteiger partial charge is 0.246 e. The molecule has 0 bridgehead atoms. The molecule has 0 radical (unpaired) electrons. The summed E-state index contributed by atoms with van der Waals surface area (Å²) in [7, 11) is 1.54. The Kier molecular flexibility index (Phi) is 7.06. The number of carbonyl (C=O) groups is 1. The van der Waals surface area contributed by atoms with Gasteiger partial charge in [-0.3, -0.25) is 9.69 Å². The Balaban J connectivity index is 1.53. The zero-order valence-corrected chi connectivity index (χ0v) is 16.7. The van der Waals surface area contributed by atoms with E-state index in [0.717, 1.165) is 38.3 Å². The van der Waals surface area contributed by atoms with Crippen LogP contribution in [-0.4, -0.2) is 55.6 Å². The lowest BCUT2D eigenvalue weighted by molar-refractivity contribution is -0.127. The molecule has 1 aliphatic rings. The summed E-state index contributed by atoms with van der Waals surface area (Å²) < 4.78 is 10.6. The first-order valence-electron chi connectivity index (χ1n) is 9.08. The standard InChI is InChI=1S/C21H23N3O3S/c1-26-20-14-17(2-4-19(20)27-12-7-22)3-5-21(25)24-10-8-23(9-11-24)15-18-6-13-28-16-18/h2-6,13-14,16H,8-12,15H2,1H3/b5-3+. The van der Waals surface area contributed by atoms with Crippen molar-refractivity contribution in [3.63, 3.8) is 0 Å². The van der Waals surface area contributed by atoms with Crippen LogP contribution in [0.15, 0.2) is 41.1 Å². The van der Waals surface area contributed by atoms with Crippen molar-refractivity contribution in [2.24, 2.45) is 0 Å². The maximum atomic E-state index is 12.5. The Morgan fingerprint density at radius 2 is 2.07 bits per heavy atom. The van der Waals surface area contributed by atoms with Crippen molar-refractivity contribution >= 4 is 23.3 Å². The predicted octanol–water partition coefficient (Wildman–Crippen LogP) is 3.02. The molecule has 1 fully saturated rings. The molecule has 0 spiro atoms. The van der Waals surface area contributed by atoms with Crippen molar-refractivity contribution in [1.29, 1.82) is 5.26 Å². The van der Waals surface area contributed by atoms with Gasteiger partial charge in [-0.15, -0.1) is 0 Å². The van der Waals surface area contributed by atoms with Crippen molar-refractivity contribution in [2.75, 3.05) is 39.9 Å². The maximum Gasteiger partial charge on any atom is 0.246 e. The van der Waals surface area contributed by atoms with Crippen LogP contribution in [0.5, 0.6) is 11.5 Å². The summed E-state index contributed by atoms with van der Waals surface area (Å²) in [5.41, 5.74) is 2.17. The largest absolute Gasteiger partial charge is 0.493 e. The first-order chi connectivity index (χ1) is 13.7. The van der Waals surface area contributed by atoms with E-state index in [1.54, 1.807) is 42.7 Å². The number of carbonyl (C=O) groups excluding carboxylic acids is 1. The number of rotatable bonds is 7. The molecular weight excluding hydrogens is 374 g/mol. The minimum absolute atomic E-state index is 0.0129. The summed E-state index contributed by atoms with van der Waals surface area (Å²) in [4.78, 5) is 16.7. The summed E-state index contributed by atoms with van der Waals surface area (Å²) in [6.07, 6.45) is 3.37.